The molecule has 0 spiro atoms. The van der Waals surface area contributed by atoms with Crippen LogP contribution in [0.4, 0.5) is 5.82 Å². The number of hydrogen-bond donors (Lipinski definition) is 7. The summed E-state index contributed by atoms with van der Waals surface area (Å²) in [6.45, 7) is 10.7. The number of β-amino-alcohol motifs (C(OH)–C–C–N with tert-alkyl or cyclic N) is 1. The first kappa shape index (κ1) is 55.6. The Morgan fingerprint density at radius 2 is 1.74 bits per heavy atom. The number of likely N-dealkylation sites (tertiary alicyclic amines) is 1. The van der Waals surface area contributed by atoms with Gasteiger partial charge in [0, 0.05) is 103 Å². The number of aromatic nitrogens is 9. The number of nitrogens with zero attached hydrogens (tertiary/aromatic N) is 10. The zero-order valence-electron chi connectivity index (χ0n) is 48.6. The number of anilines is 1. The Labute approximate surface area is 489 Å². The van der Waals surface area contributed by atoms with Gasteiger partial charge in [0.1, 0.15) is 30.0 Å². The summed E-state index contributed by atoms with van der Waals surface area (Å²) in [7, 11) is 3.92. The Morgan fingerprint density at radius 3 is 2.47 bits per heavy atom. The predicted molar refractivity (Wildman–Crippen MR) is 323 cm³/mol. The van der Waals surface area contributed by atoms with Crippen molar-refractivity contribution in [1.82, 2.24) is 70.5 Å². The van der Waals surface area contributed by atoms with Crippen LogP contribution in [0.5, 0.6) is 5.75 Å². The summed E-state index contributed by atoms with van der Waals surface area (Å²) in [5, 5.41) is 50.9. The van der Waals surface area contributed by atoms with Gasteiger partial charge in [0.25, 0.3) is 11.5 Å². The fourth-order valence-electron chi connectivity index (χ4n) is 13.1. The van der Waals surface area contributed by atoms with E-state index in [0.29, 0.717) is 64.6 Å². The summed E-state index contributed by atoms with van der Waals surface area (Å²) in [4.78, 5) is 76.4. The van der Waals surface area contributed by atoms with Gasteiger partial charge in [0.2, 0.25) is 17.6 Å². The maximum Gasteiger partial charge on any atom is 0.289 e. The number of aromatic amines is 2. The van der Waals surface area contributed by atoms with Crippen LogP contribution >= 0.6 is 0 Å². The molecule has 3 saturated heterocycles. The van der Waals surface area contributed by atoms with Crippen molar-refractivity contribution in [3.05, 3.63) is 124 Å². The fourth-order valence-corrected chi connectivity index (χ4v) is 13.1. The number of fused-ring (bicyclic) bond motifs is 7. The van der Waals surface area contributed by atoms with Gasteiger partial charge in [0.05, 0.1) is 36.2 Å². The minimum Gasteiger partial charge on any atom is -0.486 e. The van der Waals surface area contributed by atoms with Crippen molar-refractivity contribution >= 4 is 67.2 Å². The third-order valence-electron chi connectivity index (χ3n) is 17.5. The molecule has 440 valence electrons. The molecule has 5 aromatic heterocycles. The number of carbonyl (C=O) groups is 3. The normalized spacial score (nSPS) is 19.4. The molecule has 2 bridgehead atoms. The molecule has 22 heteroatoms. The fraction of sp³-hybridized carbons (Fsp3) is 0.413. The van der Waals surface area contributed by atoms with E-state index >= 15 is 0 Å². The first-order valence-electron chi connectivity index (χ1n) is 29.6. The topological polar surface area (TPSA) is 270 Å². The number of aliphatic hydroxyl groups excluding tert-OH is 2. The smallest absolute Gasteiger partial charge is 0.289 e. The minimum atomic E-state index is -1.04. The molecule has 85 heavy (non-hydrogen) atoms. The van der Waals surface area contributed by atoms with Crippen LogP contribution < -0.4 is 31.1 Å². The lowest BCUT2D eigenvalue weighted by Crippen LogP contribution is -2.50. The molecular formula is C63H71N15O7. The summed E-state index contributed by atoms with van der Waals surface area (Å²) >= 11 is 0. The van der Waals surface area contributed by atoms with Crippen molar-refractivity contribution in [2.75, 3.05) is 58.3 Å². The van der Waals surface area contributed by atoms with Gasteiger partial charge in [-0.15, -0.1) is 0 Å². The van der Waals surface area contributed by atoms with E-state index in [1.165, 1.54) is 9.58 Å². The van der Waals surface area contributed by atoms with E-state index in [0.717, 1.165) is 87.7 Å². The molecule has 4 aromatic carbocycles. The van der Waals surface area contributed by atoms with Crippen molar-refractivity contribution in [2.45, 2.75) is 109 Å². The number of piperazine rings is 1. The number of rotatable bonds is 19. The van der Waals surface area contributed by atoms with Crippen molar-refractivity contribution in [3.8, 4) is 28.1 Å². The number of ether oxygens (including phenoxy) is 1. The molecule has 4 fully saturated rings. The Balaban J connectivity index is 0.828. The molecule has 22 nitrogen and oxygen atoms in total. The van der Waals surface area contributed by atoms with Crippen LogP contribution in [-0.4, -0.2) is 160 Å². The number of hydrogen-bond acceptors (Lipinski definition) is 15. The van der Waals surface area contributed by atoms with Crippen molar-refractivity contribution < 1.29 is 29.3 Å². The number of aryl methyl sites for hydroxylation is 2. The molecule has 7 N–H and O–H groups in total. The standard InChI is InChI=1S/C63H71N15O7/c1-7-77-50(18-19-67-77)38-14-12-37(13-15-38)49(31-79)69-60(81)51-24-41(80)29-76(51)63(84)56(33(2)3)78-30-46-42-16-9-35(22-48(42)68-61(82)55(46)73-78)32-85-57-53(52-34(4)8-17-47-45(52)27-66-72-47)43(36-10-11-36)25-44-54(57)70-58(62(83)64-20-21-74(5)6)71-59(44)75-28-39-23-40(75)26-65-39/h8-9,12-19,22,25,27,30,33,36,39-41,49,51,56,65,79-80H,7,10-11,20-21,23-24,26,28-29,31-32H2,1-6H3,(H,64,83)(H,66,72)(H,68,82)(H,69,81)/t39-,40-,41+,49-,51-,56?/m0/s1. The summed E-state index contributed by atoms with van der Waals surface area (Å²) in [6, 6.07) is 19.3. The first-order chi connectivity index (χ1) is 41.1. The highest BCUT2D eigenvalue weighted by Crippen LogP contribution is 2.53. The lowest BCUT2D eigenvalue weighted by Gasteiger charge is -2.30. The highest BCUT2D eigenvalue weighted by molar-refractivity contribution is 6.08. The van der Waals surface area contributed by atoms with E-state index in [1.807, 2.05) is 105 Å². The molecular weight excluding hydrogens is 1080 g/mol. The zero-order chi connectivity index (χ0) is 58.9. The molecule has 1 aliphatic carbocycles. The van der Waals surface area contributed by atoms with Crippen LogP contribution in [0.2, 0.25) is 0 Å². The SMILES string of the molecule is CCn1nccc1-c1ccc([C@H](CO)NC(=O)[C@@H]2C[C@@H](O)CN2C(=O)C(C(C)C)n2cc3c(n2)c(=O)[nH]c2cc(COc4c(-c5c(C)ccc6[nH]ncc56)c(C5CC5)cc5c(N6C[C@@H]7C[C@H]6CN7)nc(C(=O)NCCN(C)C)nc45)ccc23)cc1. The van der Waals surface area contributed by atoms with Gasteiger partial charge in [-0.05, 0) is 117 Å². The van der Waals surface area contributed by atoms with E-state index in [-0.39, 0.29) is 54.7 Å². The van der Waals surface area contributed by atoms with Crippen molar-refractivity contribution in [3.63, 3.8) is 0 Å². The van der Waals surface area contributed by atoms with Crippen LogP contribution in [-0.2, 0) is 22.7 Å². The van der Waals surface area contributed by atoms with Crippen molar-refractivity contribution in [1.29, 1.82) is 0 Å². The highest BCUT2D eigenvalue weighted by atomic mass is 16.5. The molecule has 6 atom stereocenters. The maximum absolute atomic E-state index is 14.9. The molecule has 4 aliphatic rings. The first-order valence-corrected chi connectivity index (χ1v) is 29.6. The number of H-pyrrole nitrogens is 2. The van der Waals surface area contributed by atoms with E-state index in [9.17, 15) is 29.4 Å². The third-order valence-corrected chi connectivity index (χ3v) is 17.5. The van der Waals surface area contributed by atoms with E-state index < -0.39 is 48.2 Å². The van der Waals surface area contributed by atoms with E-state index in [2.05, 4.69) is 60.2 Å². The van der Waals surface area contributed by atoms with E-state index in [4.69, 9.17) is 19.8 Å². The van der Waals surface area contributed by atoms with Gasteiger partial charge in [-0.25, -0.2) is 9.97 Å². The average molecular weight is 1150 g/mol. The van der Waals surface area contributed by atoms with Crippen LogP contribution in [0.15, 0.2) is 90.1 Å². The summed E-state index contributed by atoms with van der Waals surface area (Å²) in [5.41, 5.74) is 8.93. The van der Waals surface area contributed by atoms with Crippen LogP contribution in [0.1, 0.15) is 97.3 Å². The molecule has 8 heterocycles. The van der Waals surface area contributed by atoms with E-state index in [1.54, 1.807) is 12.4 Å². The summed E-state index contributed by atoms with van der Waals surface area (Å²) in [5.74, 6) is -0.114. The highest BCUT2D eigenvalue weighted by Gasteiger charge is 2.44. The van der Waals surface area contributed by atoms with Gasteiger partial charge in [-0.2, -0.15) is 15.3 Å². The predicted octanol–water partition coefficient (Wildman–Crippen LogP) is 5.86. The van der Waals surface area contributed by atoms with Gasteiger partial charge >= 0.3 is 0 Å². The van der Waals surface area contributed by atoms with Gasteiger partial charge in [0.15, 0.2) is 11.3 Å². The Hall–Kier alpha value is -8.57. The number of likely N-dealkylation sites (N-methyl/N-ethyl adjacent to an activating group) is 1. The number of carbonyl (C=O) groups excluding carboxylic acids is 3. The van der Waals surface area contributed by atoms with Crippen molar-refractivity contribution in [2.24, 2.45) is 5.92 Å². The largest absolute Gasteiger partial charge is 0.486 e. The second-order valence-corrected chi connectivity index (χ2v) is 24.0. The second-order valence-electron chi connectivity index (χ2n) is 24.0. The lowest BCUT2D eigenvalue weighted by atomic mass is 9.89. The summed E-state index contributed by atoms with van der Waals surface area (Å²) < 4.78 is 10.6. The molecule has 9 aromatic rings. The van der Waals surface area contributed by atoms with Gasteiger partial charge in [-0.3, -0.25) is 33.6 Å². The average Bonchev–Trinajstić information content (AvgIpc) is 3.53. The summed E-state index contributed by atoms with van der Waals surface area (Å²) in [6.07, 6.45) is 7.32. The molecule has 1 unspecified atom stereocenters. The Kier molecular flexibility index (Phi) is 14.7. The number of pyridine rings is 1. The lowest BCUT2D eigenvalue weighted by molar-refractivity contribution is -0.142. The van der Waals surface area contributed by atoms with Crippen LogP contribution in [0.25, 0.3) is 66.0 Å². The minimum absolute atomic E-state index is 0.00312. The molecule has 1 saturated carbocycles. The monoisotopic (exact) mass is 1150 g/mol. The quantitative estimate of drug-likeness (QED) is 0.0500. The number of amides is 3. The molecule has 0 radical (unpaired) electrons. The molecule has 3 amide bonds. The Morgan fingerprint density at radius 1 is 0.918 bits per heavy atom. The zero-order valence-corrected chi connectivity index (χ0v) is 48.6. The maximum atomic E-state index is 14.9. The third kappa shape index (κ3) is 10.3. The van der Waals surface area contributed by atoms with Crippen LogP contribution in [0.3, 0.4) is 0 Å². The second kappa shape index (κ2) is 22.5. The van der Waals surface area contributed by atoms with Gasteiger partial charge in [-0.1, -0.05) is 56.3 Å². The Bertz CT molecular complexity index is 4130. The molecule has 13 rings (SSSR count). The molecule has 3 aliphatic heterocycles. The number of benzene rings is 4. The number of nitrogens with one attached hydrogen (secondary N) is 5. The van der Waals surface area contributed by atoms with Gasteiger partial charge < -0.3 is 50.6 Å². The van der Waals surface area contributed by atoms with Crippen LogP contribution in [0, 0.1) is 12.8 Å². The number of aliphatic hydroxyl groups is 2.